The standard InChI is InChI=1S/C40H28O2/c1-17-7-9-23-25-13-19(3)31-32-20(4)14-26-24-10-8-18(2)12-30(24)40(42)34-22(6)16-28(36(32)38(26)34)27-15-21(5)33(37(25)35(27)31)39(41)29(23)11-17/h7-16H,1-6H3. The quantitative estimate of drug-likeness (QED) is 0.142. The number of hydrogen-bond donors (Lipinski definition) is 0. The smallest absolute Gasteiger partial charge is 0.194 e. The summed E-state index contributed by atoms with van der Waals surface area (Å²) in [6, 6.07) is 21.6. The molecule has 0 aromatic heterocycles. The fourth-order valence-electron chi connectivity index (χ4n) is 8.32. The molecule has 7 aromatic rings. The molecular formula is C40H28O2. The summed E-state index contributed by atoms with van der Waals surface area (Å²) in [4.78, 5) is 28.2. The van der Waals surface area contributed by atoms with Crippen LogP contribution < -0.4 is 0 Å². The van der Waals surface area contributed by atoms with Gasteiger partial charge in [0, 0.05) is 33.0 Å². The van der Waals surface area contributed by atoms with Crippen LogP contribution in [0.1, 0.15) is 65.2 Å². The summed E-state index contributed by atoms with van der Waals surface area (Å²) in [6.45, 7) is 12.7. The van der Waals surface area contributed by atoms with Gasteiger partial charge in [-0.2, -0.15) is 0 Å². The molecule has 9 rings (SSSR count). The second-order valence-corrected chi connectivity index (χ2v) is 12.7. The van der Waals surface area contributed by atoms with E-state index >= 15 is 0 Å². The lowest BCUT2D eigenvalue weighted by Gasteiger charge is -2.29. The molecule has 0 amide bonds. The zero-order valence-corrected chi connectivity index (χ0v) is 24.6. The molecule has 42 heavy (non-hydrogen) atoms. The lowest BCUT2D eigenvalue weighted by molar-refractivity contribution is 0.103. The SMILES string of the molecule is Cc1ccc2c(c1)C(=O)c1c(C)cc3c4cc(C)c5c6c(cc(C)c(c7c(C)cc-2c1c37)c64)-c1ccc(C)cc1C5=O. The molecule has 0 bridgehead atoms. The van der Waals surface area contributed by atoms with Crippen LogP contribution in [0.25, 0.3) is 65.3 Å². The zero-order chi connectivity index (χ0) is 28.9. The number of rotatable bonds is 0. The van der Waals surface area contributed by atoms with E-state index in [1.54, 1.807) is 0 Å². The minimum absolute atomic E-state index is 0.112. The van der Waals surface area contributed by atoms with Crippen LogP contribution in [0.5, 0.6) is 0 Å². The number of benzene rings is 7. The van der Waals surface area contributed by atoms with Crippen molar-refractivity contribution in [1.82, 2.24) is 0 Å². The third-order valence-corrected chi connectivity index (χ3v) is 10.0. The van der Waals surface area contributed by atoms with Gasteiger partial charge in [-0.1, -0.05) is 59.7 Å². The number of hydrogen-bond acceptors (Lipinski definition) is 2. The van der Waals surface area contributed by atoms with Gasteiger partial charge in [-0.3, -0.25) is 9.59 Å². The Morgan fingerprint density at radius 2 is 0.762 bits per heavy atom. The Morgan fingerprint density at radius 1 is 0.357 bits per heavy atom. The van der Waals surface area contributed by atoms with E-state index in [2.05, 4.69) is 76.2 Å². The van der Waals surface area contributed by atoms with Crippen molar-refractivity contribution in [3.63, 3.8) is 0 Å². The fourth-order valence-corrected chi connectivity index (χ4v) is 8.32. The van der Waals surface area contributed by atoms with Crippen LogP contribution in [0.4, 0.5) is 0 Å². The van der Waals surface area contributed by atoms with Crippen molar-refractivity contribution >= 4 is 54.7 Å². The van der Waals surface area contributed by atoms with Crippen LogP contribution in [-0.2, 0) is 0 Å². The van der Waals surface area contributed by atoms with Crippen LogP contribution in [-0.4, -0.2) is 11.6 Å². The molecule has 2 aliphatic carbocycles. The maximum atomic E-state index is 14.1. The first kappa shape index (κ1) is 23.8. The van der Waals surface area contributed by atoms with E-state index in [9.17, 15) is 9.59 Å². The van der Waals surface area contributed by atoms with Crippen LogP contribution in [0, 0.1) is 41.5 Å². The van der Waals surface area contributed by atoms with E-state index in [-0.39, 0.29) is 11.6 Å². The van der Waals surface area contributed by atoms with Crippen LogP contribution >= 0.6 is 0 Å². The second kappa shape index (κ2) is 7.52. The average molecular weight is 541 g/mol. The fraction of sp³-hybridized carbons (Fsp3) is 0.150. The number of carbonyl (C=O) groups excluding carboxylic acids is 2. The maximum absolute atomic E-state index is 14.1. The molecule has 7 aromatic carbocycles. The lowest BCUT2D eigenvalue weighted by atomic mass is 9.73. The van der Waals surface area contributed by atoms with Gasteiger partial charge in [0.1, 0.15) is 0 Å². The van der Waals surface area contributed by atoms with E-state index in [4.69, 9.17) is 0 Å². The van der Waals surface area contributed by atoms with Crippen LogP contribution in [0.3, 0.4) is 0 Å². The summed E-state index contributed by atoms with van der Waals surface area (Å²) >= 11 is 0. The lowest BCUT2D eigenvalue weighted by Crippen LogP contribution is -2.14. The van der Waals surface area contributed by atoms with E-state index in [1.807, 2.05) is 26.0 Å². The molecule has 0 radical (unpaired) electrons. The largest absolute Gasteiger partial charge is 0.289 e. The molecule has 0 atom stereocenters. The first-order valence-corrected chi connectivity index (χ1v) is 14.7. The minimum atomic E-state index is 0.112. The Balaban J connectivity index is 1.58. The molecule has 0 fully saturated rings. The van der Waals surface area contributed by atoms with E-state index < -0.39 is 0 Å². The van der Waals surface area contributed by atoms with Crippen LogP contribution in [0.15, 0.2) is 60.7 Å². The number of carbonyl (C=O) groups is 2. The summed E-state index contributed by atoms with van der Waals surface area (Å²) < 4.78 is 0. The molecule has 0 aliphatic heterocycles. The normalized spacial score (nSPS) is 13.6. The predicted octanol–water partition coefficient (Wildman–Crippen LogP) is 10.0. The van der Waals surface area contributed by atoms with Crippen LogP contribution in [0.2, 0.25) is 0 Å². The zero-order valence-electron chi connectivity index (χ0n) is 24.6. The Labute approximate surface area is 243 Å². The summed E-state index contributed by atoms with van der Waals surface area (Å²) in [6.07, 6.45) is 0. The van der Waals surface area contributed by atoms with E-state index in [0.717, 1.165) is 88.3 Å². The number of fused-ring (bicyclic) bond motifs is 6. The summed E-state index contributed by atoms with van der Waals surface area (Å²) in [5, 5.41) is 9.19. The van der Waals surface area contributed by atoms with Crippen molar-refractivity contribution in [3.05, 3.63) is 116 Å². The molecule has 0 unspecified atom stereocenters. The number of aryl methyl sites for hydroxylation is 6. The third-order valence-electron chi connectivity index (χ3n) is 10.0. The van der Waals surface area contributed by atoms with Gasteiger partial charge in [-0.15, -0.1) is 0 Å². The first-order chi connectivity index (χ1) is 20.2. The summed E-state index contributed by atoms with van der Waals surface area (Å²) in [5.74, 6) is 0.225. The van der Waals surface area contributed by atoms with Crippen molar-refractivity contribution in [2.45, 2.75) is 41.5 Å². The van der Waals surface area contributed by atoms with Crippen molar-refractivity contribution < 1.29 is 9.59 Å². The van der Waals surface area contributed by atoms with Gasteiger partial charge in [-0.05, 0) is 131 Å². The topological polar surface area (TPSA) is 34.1 Å². The van der Waals surface area contributed by atoms with Crippen molar-refractivity contribution in [2.24, 2.45) is 0 Å². The molecule has 0 N–H and O–H groups in total. The van der Waals surface area contributed by atoms with E-state index in [0.29, 0.717) is 0 Å². The molecule has 0 spiro atoms. The third kappa shape index (κ3) is 2.62. The molecule has 0 heterocycles. The predicted molar refractivity (Wildman–Crippen MR) is 174 cm³/mol. The highest BCUT2D eigenvalue weighted by Gasteiger charge is 2.33. The Hall–Kier alpha value is -4.82. The highest BCUT2D eigenvalue weighted by Crippen LogP contribution is 2.53. The summed E-state index contributed by atoms with van der Waals surface area (Å²) in [5.41, 5.74) is 14.1. The second-order valence-electron chi connectivity index (χ2n) is 12.7. The highest BCUT2D eigenvalue weighted by molar-refractivity contribution is 6.42. The monoisotopic (exact) mass is 540 g/mol. The molecule has 0 saturated heterocycles. The van der Waals surface area contributed by atoms with Crippen molar-refractivity contribution in [2.75, 3.05) is 0 Å². The minimum Gasteiger partial charge on any atom is -0.289 e. The molecular weight excluding hydrogens is 512 g/mol. The molecule has 2 nitrogen and oxygen atoms in total. The van der Waals surface area contributed by atoms with Gasteiger partial charge in [0.05, 0.1) is 0 Å². The highest BCUT2D eigenvalue weighted by atomic mass is 16.1. The maximum Gasteiger partial charge on any atom is 0.194 e. The molecule has 200 valence electrons. The van der Waals surface area contributed by atoms with Gasteiger partial charge in [0.2, 0.25) is 0 Å². The van der Waals surface area contributed by atoms with Gasteiger partial charge in [0.25, 0.3) is 0 Å². The number of ketones is 2. The first-order valence-electron chi connectivity index (χ1n) is 14.7. The molecule has 0 saturated carbocycles. The average Bonchev–Trinajstić information content (AvgIpc) is 2.95. The van der Waals surface area contributed by atoms with Gasteiger partial charge in [0.15, 0.2) is 11.6 Å². The van der Waals surface area contributed by atoms with Gasteiger partial charge >= 0.3 is 0 Å². The van der Waals surface area contributed by atoms with E-state index in [1.165, 1.54) is 32.7 Å². The van der Waals surface area contributed by atoms with Gasteiger partial charge in [-0.25, -0.2) is 0 Å². The molecule has 2 heteroatoms. The Morgan fingerprint density at radius 3 is 1.17 bits per heavy atom. The van der Waals surface area contributed by atoms with Gasteiger partial charge < -0.3 is 0 Å². The Kier molecular flexibility index (Phi) is 4.27. The molecule has 2 aliphatic rings. The Bertz CT molecular complexity index is 2310. The summed E-state index contributed by atoms with van der Waals surface area (Å²) in [7, 11) is 0. The van der Waals surface area contributed by atoms with Crippen molar-refractivity contribution in [3.8, 4) is 22.3 Å². The van der Waals surface area contributed by atoms with Crippen molar-refractivity contribution in [1.29, 1.82) is 0 Å².